The zero-order valence-corrected chi connectivity index (χ0v) is 14.1. The van der Waals surface area contributed by atoms with E-state index in [1.807, 2.05) is 0 Å². The zero-order chi connectivity index (χ0) is 19.8. The van der Waals surface area contributed by atoms with E-state index in [0.29, 0.717) is 5.69 Å². The van der Waals surface area contributed by atoms with Gasteiger partial charge in [0.25, 0.3) is 0 Å². The summed E-state index contributed by atoms with van der Waals surface area (Å²) in [5, 5.41) is 26.2. The van der Waals surface area contributed by atoms with Crippen LogP contribution in [0.15, 0.2) is 17.0 Å². The maximum atomic E-state index is 11.9. The van der Waals surface area contributed by atoms with Gasteiger partial charge in [-0.2, -0.15) is 4.98 Å². The predicted molar refractivity (Wildman–Crippen MR) is 87.2 cm³/mol. The SMILES string of the molecule is N[C@@H](CCC(=O)O)c1noc(CNC(=O)N[C@@H](Cc2cnc[nH]2)C(=O)O)n1. The van der Waals surface area contributed by atoms with E-state index in [-0.39, 0.29) is 37.5 Å². The molecule has 2 heterocycles. The number of aromatic nitrogens is 4. The lowest BCUT2D eigenvalue weighted by Gasteiger charge is -2.13. The fraction of sp³-hybridized carbons (Fsp3) is 0.429. The van der Waals surface area contributed by atoms with Crippen LogP contribution in [0.2, 0.25) is 0 Å². The van der Waals surface area contributed by atoms with Gasteiger partial charge in [-0.1, -0.05) is 5.16 Å². The van der Waals surface area contributed by atoms with Crippen molar-refractivity contribution in [2.45, 2.75) is 37.9 Å². The molecule has 2 rings (SSSR count). The smallest absolute Gasteiger partial charge is 0.326 e. The number of carboxylic acid groups (broad SMARTS) is 2. The van der Waals surface area contributed by atoms with Crippen LogP contribution in [0.5, 0.6) is 0 Å². The van der Waals surface area contributed by atoms with Crippen LogP contribution in [0.3, 0.4) is 0 Å². The monoisotopic (exact) mass is 381 g/mol. The van der Waals surface area contributed by atoms with E-state index in [9.17, 15) is 19.5 Å². The van der Waals surface area contributed by atoms with Crippen LogP contribution >= 0.6 is 0 Å². The van der Waals surface area contributed by atoms with E-state index < -0.39 is 30.1 Å². The molecular weight excluding hydrogens is 362 g/mol. The Hall–Kier alpha value is -3.48. The molecule has 0 aliphatic heterocycles. The lowest BCUT2D eigenvalue weighted by Crippen LogP contribution is -2.47. The summed E-state index contributed by atoms with van der Waals surface area (Å²) in [5.41, 5.74) is 6.31. The lowest BCUT2D eigenvalue weighted by molar-refractivity contribution is -0.139. The Morgan fingerprint density at radius 3 is 2.74 bits per heavy atom. The van der Waals surface area contributed by atoms with Crippen LogP contribution < -0.4 is 16.4 Å². The molecule has 0 unspecified atom stereocenters. The number of carbonyl (C=O) groups excluding carboxylic acids is 1. The normalized spacial score (nSPS) is 12.9. The number of aliphatic carboxylic acids is 2. The topological polar surface area (TPSA) is 209 Å². The summed E-state index contributed by atoms with van der Waals surface area (Å²) >= 11 is 0. The van der Waals surface area contributed by atoms with Crippen LogP contribution in [0.4, 0.5) is 4.79 Å². The van der Waals surface area contributed by atoms with Gasteiger partial charge >= 0.3 is 18.0 Å². The fourth-order valence-corrected chi connectivity index (χ4v) is 2.08. The molecule has 0 spiro atoms. The summed E-state index contributed by atoms with van der Waals surface area (Å²) in [7, 11) is 0. The molecule has 0 saturated heterocycles. The van der Waals surface area contributed by atoms with Gasteiger partial charge in [0, 0.05) is 24.7 Å². The van der Waals surface area contributed by atoms with Crippen molar-refractivity contribution in [3.8, 4) is 0 Å². The number of nitrogens with one attached hydrogen (secondary N) is 3. The average Bonchev–Trinajstić information content (AvgIpc) is 3.29. The first-order chi connectivity index (χ1) is 12.8. The Morgan fingerprint density at radius 1 is 1.33 bits per heavy atom. The van der Waals surface area contributed by atoms with Gasteiger partial charge in [0.15, 0.2) is 5.82 Å². The highest BCUT2D eigenvalue weighted by atomic mass is 16.5. The predicted octanol–water partition coefficient (Wildman–Crippen LogP) is -0.848. The first-order valence-electron chi connectivity index (χ1n) is 7.89. The maximum Gasteiger partial charge on any atom is 0.326 e. The van der Waals surface area contributed by atoms with E-state index >= 15 is 0 Å². The van der Waals surface area contributed by atoms with Crippen molar-refractivity contribution in [2.75, 3.05) is 0 Å². The number of aromatic amines is 1. The van der Waals surface area contributed by atoms with Gasteiger partial charge < -0.3 is 36.1 Å². The summed E-state index contributed by atoms with van der Waals surface area (Å²) < 4.78 is 4.92. The van der Waals surface area contributed by atoms with Gasteiger partial charge in [0.1, 0.15) is 6.04 Å². The van der Waals surface area contributed by atoms with Gasteiger partial charge in [-0.05, 0) is 6.42 Å². The third-order valence-corrected chi connectivity index (χ3v) is 3.47. The Morgan fingerprint density at radius 2 is 2.11 bits per heavy atom. The van der Waals surface area contributed by atoms with E-state index in [4.69, 9.17) is 15.4 Å². The van der Waals surface area contributed by atoms with E-state index in [0.717, 1.165) is 0 Å². The van der Waals surface area contributed by atoms with Crippen molar-refractivity contribution < 1.29 is 29.1 Å². The Kier molecular flexibility index (Phi) is 6.82. The molecule has 13 heteroatoms. The molecule has 2 amide bonds. The molecule has 2 aromatic rings. The molecule has 0 saturated carbocycles. The van der Waals surface area contributed by atoms with Crippen molar-refractivity contribution in [1.82, 2.24) is 30.7 Å². The summed E-state index contributed by atoms with van der Waals surface area (Å²) in [5.74, 6) is -2.03. The summed E-state index contributed by atoms with van der Waals surface area (Å²) in [4.78, 5) is 44.2. The van der Waals surface area contributed by atoms with E-state index in [1.54, 1.807) is 0 Å². The van der Waals surface area contributed by atoms with Crippen LogP contribution in [0, 0.1) is 0 Å². The molecular formula is C14H19N7O6. The van der Waals surface area contributed by atoms with Crippen molar-refractivity contribution in [3.63, 3.8) is 0 Å². The minimum atomic E-state index is -1.20. The average molecular weight is 381 g/mol. The van der Waals surface area contributed by atoms with Gasteiger partial charge in [0.05, 0.1) is 18.9 Å². The van der Waals surface area contributed by atoms with Gasteiger partial charge in [-0.3, -0.25) is 4.79 Å². The molecule has 13 nitrogen and oxygen atoms in total. The van der Waals surface area contributed by atoms with Crippen molar-refractivity contribution in [2.24, 2.45) is 5.73 Å². The second kappa shape index (κ2) is 9.28. The first kappa shape index (κ1) is 19.8. The largest absolute Gasteiger partial charge is 0.481 e. The second-order valence-electron chi connectivity index (χ2n) is 5.58. The highest BCUT2D eigenvalue weighted by Gasteiger charge is 2.21. The quantitative estimate of drug-likeness (QED) is 0.300. The zero-order valence-electron chi connectivity index (χ0n) is 14.1. The third-order valence-electron chi connectivity index (χ3n) is 3.47. The standard InChI is InChI=1S/C14H19N7O6/c15-8(1-2-11(22)23)12-20-10(27-21-12)5-17-14(26)19-9(13(24)25)3-7-4-16-6-18-7/h4,6,8-9H,1-3,5,15H2,(H,16,18)(H,22,23)(H,24,25)(H2,17,19,26)/t8-,9-/m0/s1. The van der Waals surface area contributed by atoms with Gasteiger partial charge in [-0.15, -0.1) is 0 Å². The highest BCUT2D eigenvalue weighted by molar-refractivity contribution is 5.82. The minimum Gasteiger partial charge on any atom is -0.481 e. The first-order valence-corrected chi connectivity index (χ1v) is 7.89. The van der Waals surface area contributed by atoms with Crippen molar-refractivity contribution in [3.05, 3.63) is 29.9 Å². The summed E-state index contributed by atoms with van der Waals surface area (Å²) in [6.07, 6.45) is 2.90. The summed E-state index contributed by atoms with van der Waals surface area (Å²) in [6.45, 7) is -0.152. The number of H-pyrrole nitrogens is 1. The van der Waals surface area contributed by atoms with E-state index in [1.165, 1.54) is 12.5 Å². The van der Waals surface area contributed by atoms with E-state index in [2.05, 4.69) is 30.7 Å². The molecule has 0 fully saturated rings. The summed E-state index contributed by atoms with van der Waals surface area (Å²) in [6, 6.07) is -2.61. The Balaban J connectivity index is 1.82. The molecule has 0 bridgehead atoms. The number of hydrogen-bond acceptors (Lipinski definition) is 8. The molecule has 146 valence electrons. The molecule has 27 heavy (non-hydrogen) atoms. The minimum absolute atomic E-state index is 0.0336. The molecule has 0 aliphatic carbocycles. The molecule has 2 atom stereocenters. The van der Waals surface area contributed by atoms with Crippen LogP contribution in [0.1, 0.15) is 36.3 Å². The van der Waals surface area contributed by atoms with Crippen molar-refractivity contribution >= 4 is 18.0 Å². The number of carboxylic acids is 2. The number of amides is 2. The number of nitrogens with two attached hydrogens (primary N) is 1. The van der Waals surface area contributed by atoms with Crippen LogP contribution in [-0.2, 0) is 22.6 Å². The number of nitrogens with zero attached hydrogens (tertiary/aromatic N) is 3. The molecule has 0 aromatic carbocycles. The number of imidazole rings is 1. The Labute approximate surface area is 152 Å². The van der Waals surface area contributed by atoms with Gasteiger partial charge in [-0.25, -0.2) is 14.6 Å². The molecule has 2 aromatic heterocycles. The van der Waals surface area contributed by atoms with Crippen LogP contribution in [0.25, 0.3) is 0 Å². The maximum absolute atomic E-state index is 11.9. The third kappa shape index (κ3) is 6.39. The lowest BCUT2D eigenvalue weighted by atomic mass is 10.1. The number of urea groups is 1. The van der Waals surface area contributed by atoms with Gasteiger partial charge in [0.2, 0.25) is 5.89 Å². The Bertz CT molecular complexity index is 775. The fourth-order valence-electron chi connectivity index (χ4n) is 2.08. The highest BCUT2D eigenvalue weighted by Crippen LogP contribution is 2.12. The van der Waals surface area contributed by atoms with Crippen molar-refractivity contribution in [1.29, 1.82) is 0 Å². The number of rotatable bonds is 10. The molecule has 7 N–H and O–H groups in total. The number of hydrogen-bond donors (Lipinski definition) is 6. The number of carbonyl (C=O) groups is 3. The molecule has 0 aliphatic rings. The molecule has 0 radical (unpaired) electrons. The second-order valence-corrected chi connectivity index (χ2v) is 5.58. The van der Waals surface area contributed by atoms with Crippen LogP contribution in [-0.4, -0.2) is 54.3 Å².